The van der Waals surface area contributed by atoms with Crippen LogP contribution in [-0.4, -0.2) is 63.9 Å². The van der Waals surface area contributed by atoms with Crippen LogP contribution in [0.4, 0.5) is 5.69 Å². The number of aromatic nitrogens is 2. The Kier molecular flexibility index (Phi) is 5.99. The van der Waals surface area contributed by atoms with Crippen molar-refractivity contribution >= 4 is 33.8 Å². The number of benzene rings is 2. The summed E-state index contributed by atoms with van der Waals surface area (Å²) >= 11 is 1.62. The molecule has 1 aliphatic heterocycles. The van der Waals surface area contributed by atoms with E-state index in [0.29, 0.717) is 29.6 Å². The van der Waals surface area contributed by atoms with Gasteiger partial charge in [0.15, 0.2) is 0 Å². The topological polar surface area (TPSA) is 105 Å². The first-order valence-corrected chi connectivity index (χ1v) is 11.8. The van der Waals surface area contributed by atoms with Crippen molar-refractivity contribution in [2.24, 2.45) is 0 Å². The van der Waals surface area contributed by atoms with Crippen molar-refractivity contribution in [2.45, 2.75) is 6.54 Å². The van der Waals surface area contributed by atoms with Crippen LogP contribution in [0.2, 0.25) is 0 Å². The number of non-ortho nitro benzene ring substituents is 1. The van der Waals surface area contributed by atoms with Gasteiger partial charge in [-0.25, -0.2) is 4.98 Å². The summed E-state index contributed by atoms with van der Waals surface area (Å²) in [5.74, 6) is 0.709. The van der Waals surface area contributed by atoms with Gasteiger partial charge < -0.3 is 14.6 Å². The Morgan fingerprint density at radius 1 is 1.18 bits per heavy atom. The molecule has 1 N–H and O–H groups in total. The third-order valence-electron chi connectivity index (χ3n) is 6.04. The Balaban J connectivity index is 1.21. The van der Waals surface area contributed by atoms with Gasteiger partial charge in [0.1, 0.15) is 10.8 Å². The highest BCUT2D eigenvalue weighted by molar-refractivity contribution is 7.13. The van der Waals surface area contributed by atoms with E-state index in [1.165, 1.54) is 12.1 Å². The molecule has 9 nitrogen and oxygen atoms in total. The van der Waals surface area contributed by atoms with Crippen LogP contribution in [0.25, 0.3) is 21.5 Å². The van der Waals surface area contributed by atoms with Crippen LogP contribution in [0, 0.1) is 10.1 Å². The third-order valence-corrected chi connectivity index (χ3v) is 6.98. The van der Waals surface area contributed by atoms with E-state index >= 15 is 0 Å². The van der Waals surface area contributed by atoms with Gasteiger partial charge in [-0.05, 0) is 30.3 Å². The summed E-state index contributed by atoms with van der Waals surface area (Å²) in [7, 11) is 1.65. The van der Waals surface area contributed by atoms with Gasteiger partial charge in [-0.15, -0.1) is 11.3 Å². The number of ether oxygens (including phenoxy) is 1. The number of aromatic amines is 1. The number of fused-ring (bicyclic) bond motifs is 1. The summed E-state index contributed by atoms with van der Waals surface area (Å²) in [4.78, 5) is 35.7. The zero-order valence-corrected chi connectivity index (χ0v) is 19.4. The van der Waals surface area contributed by atoms with Gasteiger partial charge in [-0.2, -0.15) is 0 Å². The number of piperazine rings is 1. The molecule has 4 aromatic rings. The van der Waals surface area contributed by atoms with Crippen LogP contribution in [0.5, 0.6) is 5.75 Å². The quantitative estimate of drug-likeness (QED) is 0.330. The molecule has 10 heteroatoms. The van der Waals surface area contributed by atoms with Gasteiger partial charge in [0, 0.05) is 72.9 Å². The van der Waals surface area contributed by atoms with Crippen molar-refractivity contribution in [2.75, 3.05) is 33.3 Å². The maximum atomic E-state index is 13.1. The summed E-state index contributed by atoms with van der Waals surface area (Å²) in [6.45, 7) is 3.40. The molecule has 1 saturated heterocycles. The number of hydrogen-bond donors (Lipinski definition) is 1. The number of nitrogens with one attached hydrogen (secondary N) is 1. The minimum Gasteiger partial charge on any atom is -0.497 e. The Labute approximate surface area is 199 Å². The van der Waals surface area contributed by atoms with Crippen LogP contribution < -0.4 is 4.74 Å². The van der Waals surface area contributed by atoms with E-state index in [1.54, 1.807) is 30.7 Å². The second-order valence-electron chi connectivity index (χ2n) is 8.13. The molecule has 0 atom stereocenters. The number of amides is 1. The second kappa shape index (κ2) is 9.24. The van der Waals surface area contributed by atoms with E-state index in [2.05, 4.69) is 15.3 Å². The molecule has 0 unspecified atom stereocenters. The molecule has 5 rings (SSSR count). The molecule has 174 valence electrons. The van der Waals surface area contributed by atoms with Gasteiger partial charge in [0.25, 0.3) is 11.6 Å². The molecular formula is C24H23N5O4S. The normalized spacial score (nSPS) is 14.4. The van der Waals surface area contributed by atoms with Gasteiger partial charge in [0.2, 0.25) is 0 Å². The van der Waals surface area contributed by atoms with E-state index in [1.807, 2.05) is 29.2 Å². The molecule has 0 radical (unpaired) electrons. The van der Waals surface area contributed by atoms with E-state index < -0.39 is 4.92 Å². The Morgan fingerprint density at radius 2 is 1.94 bits per heavy atom. The highest BCUT2D eigenvalue weighted by atomic mass is 32.1. The van der Waals surface area contributed by atoms with Crippen LogP contribution in [0.15, 0.2) is 54.0 Å². The number of carbonyl (C=O) groups is 1. The fourth-order valence-electron chi connectivity index (χ4n) is 4.15. The fourth-order valence-corrected chi connectivity index (χ4v) is 4.97. The monoisotopic (exact) mass is 477 g/mol. The summed E-state index contributed by atoms with van der Waals surface area (Å²) in [6, 6.07) is 12.4. The number of nitrogens with zero attached hydrogens (tertiary/aromatic N) is 4. The van der Waals surface area contributed by atoms with Gasteiger partial charge in [-0.1, -0.05) is 0 Å². The van der Waals surface area contributed by atoms with E-state index in [4.69, 9.17) is 9.72 Å². The number of thiazole rings is 1. The standard InChI is InChI=1S/C24H23N5O4S/c1-33-19-5-2-16(3-6-19)23-26-17(15-34-23)14-27-8-10-28(11-9-27)24(30)21-13-25-22-7-4-18(29(31)32)12-20(21)22/h2-7,12-13,15,25H,8-11,14H2,1H3. The van der Waals surface area contributed by atoms with Crippen molar-refractivity contribution < 1.29 is 14.5 Å². The van der Waals surface area contributed by atoms with Crippen LogP contribution in [0.1, 0.15) is 16.1 Å². The van der Waals surface area contributed by atoms with Crippen LogP contribution in [0.3, 0.4) is 0 Å². The maximum Gasteiger partial charge on any atom is 0.270 e. The largest absolute Gasteiger partial charge is 0.497 e. The number of H-pyrrole nitrogens is 1. The van der Waals surface area contributed by atoms with Crippen LogP contribution >= 0.6 is 11.3 Å². The second-order valence-corrected chi connectivity index (χ2v) is 8.99. The average Bonchev–Trinajstić information content (AvgIpc) is 3.51. The lowest BCUT2D eigenvalue weighted by molar-refractivity contribution is -0.384. The van der Waals surface area contributed by atoms with Gasteiger partial charge in [0.05, 0.1) is 23.3 Å². The SMILES string of the molecule is COc1ccc(-c2nc(CN3CCN(C(=O)c4c[nH]c5ccc([N+](=O)[O-])cc45)CC3)cs2)cc1. The molecule has 3 heterocycles. The molecule has 1 aliphatic rings. The highest BCUT2D eigenvalue weighted by Crippen LogP contribution is 2.27. The summed E-state index contributed by atoms with van der Waals surface area (Å²) in [6.07, 6.45) is 1.64. The molecule has 0 bridgehead atoms. The van der Waals surface area contributed by atoms with Crippen molar-refractivity contribution in [3.05, 3.63) is 75.4 Å². The molecule has 0 aliphatic carbocycles. The number of nitro benzene ring substituents is 1. The molecule has 0 saturated carbocycles. The Bertz CT molecular complexity index is 1340. The number of methoxy groups -OCH3 is 1. The van der Waals surface area contributed by atoms with Crippen molar-refractivity contribution in [3.63, 3.8) is 0 Å². The third kappa shape index (κ3) is 4.37. The molecule has 0 spiro atoms. The zero-order chi connectivity index (χ0) is 23.7. The van der Waals surface area contributed by atoms with Crippen LogP contribution in [-0.2, 0) is 6.54 Å². The minimum atomic E-state index is -0.446. The smallest absolute Gasteiger partial charge is 0.270 e. The van der Waals surface area contributed by atoms with Crippen molar-refractivity contribution in [3.8, 4) is 16.3 Å². The lowest BCUT2D eigenvalue weighted by Gasteiger charge is -2.34. The fraction of sp³-hybridized carbons (Fsp3) is 0.250. The number of carbonyl (C=O) groups excluding carboxylic acids is 1. The number of hydrogen-bond acceptors (Lipinski definition) is 7. The Morgan fingerprint density at radius 3 is 2.65 bits per heavy atom. The molecule has 2 aromatic carbocycles. The molecule has 1 fully saturated rings. The van der Waals surface area contributed by atoms with E-state index in [0.717, 1.165) is 41.6 Å². The first kappa shape index (κ1) is 22.1. The first-order chi connectivity index (χ1) is 16.5. The van der Waals surface area contributed by atoms with E-state index in [-0.39, 0.29) is 11.6 Å². The summed E-state index contributed by atoms with van der Waals surface area (Å²) < 4.78 is 5.22. The minimum absolute atomic E-state index is 0.0248. The average molecular weight is 478 g/mol. The highest BCUT2D eigenvalue weighted by Gasteiger charge is 2.25. The van der Waals surface area contributed by atoms with Gasteiger partial charge in [-0.3, -0.25) is 19.8 Å². The molecule has 2 aromatic heterocycles. The predicted octanol–water partition coefficient (Wildman–Crippen LogP) is 4.17. The molecule has 1 amide bonds. The summed E-state index contributed by atoms with van der Waals surface area (Å²) in [5, 5.41) is 14.8. The number of nitro groups is 1. The zero-order valence-electron chi connectivity index (χ0n) is 18.6. The summed E-state index contributed by atoms with van der Waals surface area (Å²) in [5.41, 5.74) is 3.23. The van der Waals surface area contributed by atoms with Gasteiger partial charge >= 0.3 is 0 Å². The molecule has 34 heavy (non-hydrogen) atoms. The van der Waals surface area contributed by atoms with Crippen molar-refractivity contribution in [1.29, 1.82) is 0 Å². The predicted molar refractivity (Wildman–Crippen MR) is 130 cm³/mol. The van der Waals surface area contributed by atoms with Crippen molar-refractivity contribution in [1.82, 2.24) is 19.8 Å². The Hall–Kier alpha value is -3.76. The maximum absolute atomic E-state index is 13.1. The first-order valence-electron chi connectivity index (χ1n) is 10.9. The molecular weight excluding hydrogens is 454 g/mol. The van der Waals surface area contributed by atoms with E-state index in [9.17, 15) is 14.9 Å². The lowest BCUT2D eigenvalue weighted by Crippen LogP contribution is -2.48. The lowest BCUT2D eigenvalue weighted by atomic mass is 10.1. The number of rotatable bonds is 6.